The highest BCUT2D eigenvalue weighted by Gasteiger charge is 2.30. The number of anilines is 3. The van der Waals surface area contributed by atoms with Gasteiger partial charge in [-0.2, -0.15) is 0 Å². The third-order valence-corrected chi connectivity index (χ3v) is 8.33. The fraction of sp³-hybridized carbons (Fsp3) is 0.560. The summed E-state index contributed by atoms with van der Waals surface area (Å²) in [6, 6.07) is 3.92. The summed E-state index contributed by atoms with van der Waals surface area (Å²) < 4.78 is 0.950. The number of nitrogens with one attached hydrogen (secondary N) is 1. The van der Waals surface area contributed by atoms with Gasteiger partial charge in [0.05, 0.1) is 21.3 Å². The van der Waals surface area contributed by atoms with Gasteiger partial charge in [0.25, 0.3) is 5.91 Å². The Kier molecular flexibility index (Phi) is 6.84. The first kappa shape index (κ1) is 23.9. The average Bonchev–Trinajstić information content (AvgIpc) is 3.24. The predicted molar refractivity (Wildman–Crippen MR) is 141 cm³/mol. The maximum absolute atomic E-state index is 13.0. The maximum Gasteiger partial charge on any atom is 0.263 e. The van der Waals surface area contributed by atoms with Crippen LogP contribution in [0, 0.1) is 5.92 Å². The third-order valence-electron chi connectivity index (χ3n) is 7.21. The summed E-state index contributed by atoms with van der Waals surface area (Å²) in [5.41, 5.74) is 1.98. The highest BCUT2D eigenvalue weighted by Crippen LogP contribution is 2.43. The molecule has 1 aliphatic carbocycles. The van der Waals surface area contributed by atoms with Gasteiger partial charge in [-0.05, 0) is 43.9 Å². The number of thiophene rings is 1. The molecule has 10 heteroatoms. The van der Waals surface area contributed by atoms with Gasteiger partial charge in [-0.1, -0.05) is 19.8 Å². The molecule has 1 saturated carbocycles. The highest BCUT2D eigenvalue weighted by atomic mass is 32.1. The van der Waals surface area contributed by atoms with Gasteiger partial charge in [0.1, 0.15) is 0 Å². The lowest BCUT2D eigenvalue weighted by Gasteiger charge is -2.32. The number of aromatic nitrogens is 4. The lowest BCUT2D eigenvalue weighted by molar-refractivity contribution is 0.0830. The summed E-state index contributed by atoms with van der Waals surface area (Å²) >= 11 is 1.51. The minimum atomic E-state index is 0.0430. The molecule has 4 heterocycles. The minimum absolute atomic E-state index is 0.0430. The van der Waals surface area contributed by atoms with Crippen molar-refractivity contribution in [3.63, 3.8) is 0 Å². The summed E-state index contributed by atoms with van der Waals surface area (Å²) in [5.74, 6) is 3.11. The molecule has 5 rings (SSSR count). The second-order valence-electron chi connectivity index (χ2n) is 10.1. The van der Waals surface area contributed by atoms with E-state index in [1.54, 1.807) is 4.90 Å². The molecule has 35 heavy (non-hydrogen) atoms. The second-order valence-corrected chi connectivity index (χ2v) is 11.2. The number of rotatable bonds is 5. The molecule has 0 atom stereocenters. The van der Waals surface area contributed by atoms with Gasteiger partial charge in [-0.15, -0.1) is 21.5 Å². The number of amides is 1. The van der Waals surface area contributed by atoms with Crippen molar-refractivity contribution in [2.24, 2.45) is 5.92 Å². The average molecular weight is 495 g/mol. The molecule has 1 amide bonds. The molecule has 0 unspecified atom stereocenters. The summed E-state index contributed by atoms with van der Waals surface area (Å²) in [5, 5.41) is 12.0. The summed E-state index contributed by atoms with van der Waals surface area (Å²) in [6.07, 6.45) is 6.37. The number of hydrogen-bond acceptors (Lipinski definition) is 9. The monoisotopic (exact) mass is 494 g/mol. The van der Waals surface area contributed by atoms with E-state index >= 15 is 0 Å². The number of hydrogen-bond donors (Lipinski definition) is 1. The van der Waals surface area contributed by atoms with E-state index in [1.807, 2.05) is 32.4 Å². The quantitative estimate of drug-likeness (QED) is 0.570. The Labute approximate surface area is 210 Å². The third kappa shape index (κ3) is 5.08. The molecule has 0 radical (unpaired) electrons. The van der Waals surface area contributed by atoms with Crippen LogP contribution in [0.1, 0.15) is 53.8 Å². The van der Waals surface area contributed by atoms with E-state index in [-0.39, 0.29) is 5.91 Å². The largest absolute Gasteiger partial charge is 0.353 e. The standard InChI is InChI=1S/C25H34N8OS/c1-16-5-7-17(8-6-16)21-22-18(35-23(21)24(34)31(2)3)15-26-25(28-22)27-19-9-10-20(30-29-19)33-13-11-32(4)12-14-33/h9-10,15-17H,5-8,11-14H2,1-4H3,(H,26,27,28,29)/t16-,17-. The Morgan fingerprint density at radius 1 is 1.09 bits per heavy atom. The first-order valence-corrected chi connectivity index (χ1v) is 13.3. The van der Waals surface area contributed by atoms with Gasteiger partial charge >= 0.3 is 0 Å². The van der Waals surface area contributed by atoms with E-state index in [2.05, 4.69) is 44.3 Å². The van der Waals surface area contributed by atoms with Gasteiger partial charge in [0.2, 0.25) is 5.95 Å². The van der Waals surface area contributed by atoms with E-state index in [0.717, 1.165) is 71.4 Å². The molecule has 3 aromatic heterocycles. The van der Waals surface area contributed by atoms with Crippen molar-refractivity contribution >= 4 is 45.0 Å². The van der Waals surface area contributed by atoms with Gasteiger partial charge in [-0.3, -0.25) is 4.79 Å². The van der Waals surface area contributed by atoms with Crippen LogP contribution in [-0.2, 0) is 0 Å². The van der Waals surface area contributed by atoms with Gasteiger partial charge < -0.3 is 20.0 Å². The molecule has 3 aromatic rings. The highest BCUT2D eigenvalue weighted by molar-refractivity contribution is 7.21. The molecule has 1 saturated heterocycles. The van der Waals surface area contributed by atoms with Gasteiger partial charge in [0, 0.05) is 45.8 Å². The molecule has 186 valence electrons. The zero-order chi connectivity index (χ0) is 24.5. The second kappa shape index (κ2) is 10.0. The lowest BCUT2D eigenvalue weighted by Crippen LogP contribution is -2.44. The lowest BCUT2D eigenvalue weighted by atomic mass is 9.79. The van der Waals surface area contributed by atoms with Crippen LogP contribution < -0.4 is 10.2 Å². The van der Waals surface area contributed by atoms with Crippen molar-refractivity contribution in [1.82, 2.24) is 30.0 Å². The van der Waals surface area contributed by atoms with Gasteiger partial charge in [-0.25, -0.2) is 9.97 Å². The predicted octanol–water partition coefficient (Wildman–Crippen LogP) is 3.97. The Morgan fingerprint density at radius 2 is 1.83 bits per heavy atom. The zero-order valence-electron chi connectivity index (χ0n) is 21.0. The number of likely N-dealkylation sites (N-methyl/N-ethyl adjacent to an activating group) is 1. The zero-order valence-corrected chi connectivity index (χ0v) is 21.8. The van der Waals surface area contributed by atoms with Crippen LogP contribution in [0.4, 0.5) is 17.6 Å². The van der Waals surface area contributed by atoms with E-state index in [1.165, 1.54) is 24.2 Å². The van der Waals surface area contributed by atoms with Crippen molar-refractivity contribution in [3.8, 4) is 0 Å². The van der Waals surface area contributed by atoms with E-state index in [0.29, 0.717) is 17.7 Å². The van der Waals surface area contributed by atoms with Crippen LogP contribution >= 0.6 is 11.3 Å². The van der Waals surface area contributed by atoms with E-state index < -0.39 is 0 Å². The van der Waals surface area contributed by atoms with Crippen LogP contribution in [0.5, 0.6) is 0 Å². The normalized spacial score (nSPS) is 21.3. The van der Waals surface area contributed by atoms with Crippen molar-refractivity contribution in [2.45, 2.75) is 38.5 Å². The number of piperazine rings is 1. The van der Waals surface area contributed by atoms with Crippen molar-refractivity contribution in [1.29, 1.82) is 0 Å². The van der Waals surface area contributed by atoms with Crippen molar-refractivity contribution in [2.75, 3.05) is 57.5 Å². The van der Waals surface area contributed by atoms with Crippen LogP contribution in [-0.4, -0.2) is 83.2 Å². The molecule has 1 N–H and O–H groups in total. The van der Waals surface area contributed by atoms with Crippen molar-refractivity contribution < 1.29 is 4.79 Å². The summed E-state index contributed by atoms with van der Waals surface area (Å²) in [4.78, 5) is 29.5. The fourth-order valence-electron chi connectivity index (χ4n) is 4.97. The molecule has 0 aromatic carbocycles. The van der Waals surface area contributed by atoms with Crippen molar-refractivity contribution in [3.05, 3.63) is 28.8 Å². The van der Waals surface area contributed by atoms with E-state index in [4.69, 9.17) is 4.98 Å². The molecular weight excluding hydrogens is 460 g/mol. The van der Waals surface area contributed by atoms with Crippen LogP contribution in [0.25, 0.3) is 10.2 Å². The molecule has 1 aliphatic heterocycles. The van der Waals surface area contributed by atoms with Gasteiger partial charge in [0.15, 0.2) is 11.6 Å². The Morgan fingerprint density at radius 3 is 2.49 bits per heavy atom. The smallest absolute Gasteiger partial charge is 0.263 e. The maximum atomic E-state index is 13.0. The SMILES string of the molecule is CN1CCN(c2ccc(Nc3ncc4sc(C(=O)N(C)C)c([C@H]5CC[C@H](C)CC5)c4n3)nn2)CC1. The molecule has 2 fully saturated rings. The minimum Gasteiger partial charge on any atom is -0.353 e. The van der Waals surface area contributed by atoms with E-state index in [9.17, 15) is 4.79 Å². The van der Waals surface area contributed by atoms with Crippen LogP contribution in [0.3, 0.4) is 0 Å². The molecule has 0 spiro atoms. The summed E-state index contributed by atoms with van der Waals surface area (Å²) in [7, 11) is 5.76. The first-order valence-electron chi connectivity index (χ1n) is 12.4. The Hall–Kier alpha value is -2.85. The first-order chi connectivity index (χ1) is 16.9. The molecular formula is C25H34N8OS. The summed E-state index contributed by atoms with van der Waals surface area (Å²) in [6.45, 7) is 6.26. The van der Waals surface area contributed by atoms with Crippen LogP contribution in [0.15, 0.2) is 18.3 Å². The molecule has 0 bridgehead atoms. The fourth-order valence-corrected chi connectivity index (χ4v) is 6.19. The molecule has 2 aliphatic rings. The Bertz CT molecular complexity index is 1180. The number of fused-ring (bicyclic) bond motifs is 1. The Balaban J connectivity index is 1.41. The number of carbonyl (C=O) groups excluding carboxylic acids is 1. The number of nitrogens with zero attached hydrogens (tertiary/aromatic N) is 7. The van der Waals surface area contributed by atoms with Crippen LogP contribution in [0.2, 0.25) is 0 Å². The number of carbonyl (C=O) groups is 1. The topological polar surface area (TPSA) is 90.4 Å². The molecule has 9 nitrogen and oxygen atoms in total.